The van der Waals surface area contributed by atoms with Gasteiger partial charge in [0.2, 0.25) is 5.91 Å². The van der Waals surface area contributed by atoms with Gasteiger partial charge in [-0.25, -0.2) is 0 Å². The normalized spacial score (nSPS) is 12.0. The Bertz CT molecular complexity index is 426. The largest absolute Gasteiger partial charge is 0.373 e. The number of carbonyl (C=O) groups excluding carboxylic acids is 1. The second-order valence-corrected chi connectivity index (χ2v) is 5.78. The molecule has 0 aliphatic heterocycles. The first-order valence-corrected chi connectivity index (χ1v) is 7.71. The molecule has 0 aliphatic carbocycles. The lowest BCUT2D eigenvalue weighted by molar-refractivity contribution is -0.121. The average molecular weight is 348 g/mol. The van der Waals surface area contributed by atoms with Crippen LogP contribution in [0.4, 0.5) is 5.69 Å². The quantitative estimate of drug-likeness (QED) is 0.725. The van der Waals surface area contributed by atoms with Crippen LogP contribution in [0, 0.1) is 0 Å². The van der Waals surface area contributed by atoms with Gasteiger partial charge in [-0.3, -0.25) is 4.79 Å². The molecule has 0 aromatic heterocycles. The Labute approximate surface area is 128 Å². The van der Waals surface area contributed by atoms with Crippen molar-refractivity contribution in [1.29, 1.82) is 0 Å². The third-order valence-electron chi connectivity index (χ3n) is 2.78. The Morgan fingerprint density at radius 1 is 1.42 bits per heavy atom. The van der Waals surface area contributed by atoms with Crippen LogP contribution in [0.5, 0.6) is 0 Å². The van der Waals surface area contributed by atoms with Crippen molar-refractivity contribution in [2.45, 2.75) is 39.2 Å². The van der Waals surface area contributed by atoms with Gasteiger partial charge in [0.25, 0.3) is 0 Å². The van der Waals surface area contributed by atoms with Crippen LogP contribution in [-0.4, -0.2) is 18.5 Å². The number of hydrogen-bond donors (Lipinski definition) is 2. The Hall–Kier alpha value is -0.740. The maximum absolute atomic E-state index is 11.9. The lowest BCUT2D eigenvalue weighted by Crippen LogP contribution is -2.38. The van der Waals surface area contributed by atoms with Crippen molar-refractivity contribution in [3.63, 3.8) is 0 Å². The number of benzene rings is 1. The summed E-state index contributed by atoms with van der Waals surface area (Å²) in [5, 5.41) is 6.75. The molecule has 19 heavy (non-hydrogen) atoms. The molecule has 1 aromatic rings. The summed E-state index contributed by atoms with van der Waals surface area (Å²) in [5.41, 5.74) is 0.862. The first kappa shape index (κ1) is 16.3. The molecule has 0 heterocycles. The maximum Gasteiger partial charge on any atom is 0.242 e. The van der Waals surface area contributed by atoms with Crippen LogP contribution in [0.25, 0.3) is 0 Å². The van der Waals surface area contributed by atoms with Crippen LogP contribution < -0.4 is 10.6 Å². The van der Waals surface area contributed by atoms with E-state index in [0.29, 0.717) is 5.02 Å². The van der Waals surface area contributed by atoms with Gasteiger partial charge in [0.15, 0.2) is 0 Å². The molecule has 0 bridgehead atoms. The number of amides is 1. The van der Waals surface area contributed by atoms with Crippen LogP contribution in [0.15, 0.2) is 22.7 Å². The van der Waals surface area contributed by atoms with E-state index in [4.69, 9.17) is 11.6 Å². The van der Waals surface area contributed by atoms with Gasteiger partial charge < -0.3 is 10.6 Å². The molecule has 0 spiro atoms. The van der Waals surface area contributed by atoms with Gasteiger partial charge in [0.1, 0.15) is 6.04 Å². The van der Waals surface area contributed by atoms with Gasteiger partial charge in [0.05, 0.1) is 0 Å². The van der Waals surface area contributed by atoms with E-state index in [2.05, 4.69) is 33.5 Å². The molecule has 1 rings (SSSR count). The molecule has 0 saturated heterocycles. The van der Waals surface area contributed by atoms with Gasteiger partial charge in [-0.05, 0) is 47.5 Å². The van der Waals surface area contributed by atoms with Gasteiger partial charge >= 0.3 is 0 Å². The van der Waals surface area contributed by atoms with Crippen molar-refractivity contribution in [2.75, 3.05) is 11.9 Å². The first-order chi connectivity index (χ1) is 9.04. The zero-order chi connectivity index (χ0) is 14.3. The third kappa shape index (κ3) is 5.83. The smallest absolute Gasteiger partial charge is 0.242 e. The maximum atomic E-state index is 11.9. The molecule has 1 atom stereocenters. The van der Waals surface area contributed by atoms with Crippen molar-refractivity contribution in [3.05, 3.63) is 27.7 Å². The van der Waals surface area contributed by atoms with Crippen molar-refractivity contribution in [3.8, 4) is 0 Å². The number of nitrogens with one attached hydrogen (secondary N) is 2. The molecule has 1 unspecified atom stereocenters. The topological polar surface area (TPSA) is 41.1 Å². The summed E-state index contributed by atoms with van der Waals surface area (Å²) in [6.45, 7) is 4.72. The van der Waals surface area contributed by atoms with Crippen molar-refractivity contribution in [1.82, 2.24) is 5.32 Å². The number of halogens is 2. The highest BCUT2D eigenvalue weighted by molar-refractivity contribution is 9.10. The second kappa shape index (κ2) is 8.43. The lowest BCUT2D eigenvalue weighted by Gasteiger charge is -2.16. The minimum atomic E-state index is -0.279. The first-order valence-electron chi connectivity index (χ1n) is 6.54. The fourth-order valence-electron chi connectivity index (χ4n) is 1.65. The van der Waals surface area contributed by atoms with Crippen molar-refractivity contribution >= 4 is 39.1 Å². The van der Waals surface area contributed by atoms with E-state index in [1.54, 1.807) is 12.1 Å². The zero-order valence-electron chi connectivity index (χ0n) is 11.3. The Balaban J connectivity index is 2.45. The average Bonchev–Trinajstić information content (AvgIpc) is 2.37. The van der Waals surface area contributed by atoms with Crippen LogP contribution in [-0.2, 0) is 4.79 Å². The summed E-state index contributed by atoms with van der Waals surface area (Å²) < 4.78 is 0.852. The molecular formula is C14H20BrClN2O. The van der Waals surface area contributed by atoms with E-state index >= 15 is 0 Å². The van der Waals surface area contributed by atoms with Crippen LogP contribution in [0.3, 0.4) is 0 Å². The van der Waals surface area contributed by atoms with Gasteiger partial charge in [-0.2, -0.15) is 0 Å². The summed E-state index contributed by atoms with van der Waals surface area (Å²) in [6, 6.07) is 5.17. The van der Waals surface area contributed by atoms with E-state index in [0.717, 1.165) is 36.0 Å². The molecule has 1 aromatic carbocycles. The predicted octanol–water partition coefficient (Wildman–Crippen LogP) is 4.21. The third-order valence-corrected chi connectivity index (χ3v) is 3.67. The van der Waals surface area contributed by atoms with E-state index in [-0.39, 0.29) is 11.9 Å². The molecule has 3 nitrogen and oxygen atoms in total. The number of carbonyl (C=O) groups is 1. The van der Waals surface area contributed by atoms with E-state index in [1.807, 2.05) is 13.0 Å². The minimum absolute atomic E-state index is 0.0120. The van der Waals surface area contributed by atoms with E-state index in [9.17, 15) is 4.79 Å². The highest BCUT2D eigenvalue weighted by Crippen LogP contribution is 2.26. The Kier molecular flexibility index (Phi) is 7.24. The number of rotatable bonds is 7. The molecule has 2 N–H and O–H groups in total. The number of anilines is 1. The molecule has 5 heteroatoms. The van der Waals surface area contributed by atoms with Crippen LogP contribution >= 0.6 is 27.5 Å². The fourth-order valence-corrected chi connectivity index (χ4v) is 2.44. The SMILES string of the molecule is CCCCCNC(=O)C(C)Nc1ccc(Cl)cc1Br. The monoisotopic (exact) mass is 346 g/mol. The molecular weight excluding hydrogens is 328 g/mol. The number of hydrogen-bond acceptors (Lipinski definition) is 2. The van der Waals surface area contributed by atoms with Crippen LogP contribution in [0.1, 0.15) is 33.1 Å². The lowest BCUT2D eigenvalue weighted by atomic mass is 10.2. The second-order valence-electron chi connectivity index (χ2n) is 4.49. The Morgan fingerprint density at radius 3 is 2.79 bits per heavy atom. The molecule has 0 aliphatic rings. The molecule has 1 amide bonds. The summed E-state index contributed by atoms with van der Waals surface area (Å²) in [7, 11) is 0. The van der Waals surface area contributed by atoms with Gasteiger partial charge in [-0.1, -0.05) is 31.4 Å². The van der Waals surface area contributed by atoms with E-state index < -0.39 is 0 Å². The molecule has 0 fully saturated rings. The predicted molar refractivity (Wildman–Crippen MR) is 84.8 cm³/mol. The summed E-state index contributed by atoms with van der Waals surface area (Å²) in [4.78, 5) is 11.9. The molecule has 0 radical (unpaired) electrons. The van der Waals surface area contributed by atoms with Crippen molar-refractivity contribution < 1.29 is 4.79 Å². The van der Waals surface area contributed by atoms with Gasteiger partial charge in [-0.15, -0.1) is 0 Å². The van der Waals surface area contributed by atoms with Gasteiger partial charge in [0, 0.05) is 21.7 Å². The summed E-state index contributed by atoms with van der Waals surface area (Å²) in [5.74, 6) is 0.0120. The number of unbranched alkanes of at least 4 members (excludes halogenated alkanes) is 2. The summed E-state index contributed by atoms with van der Waals surface area (Å²) in [6.07, 6.45) is 3.33. The summed E-state index contributed by atoms with van der Waals surface area (Å²) >= 11 is 9.30. The van der Waals surface area contributed by atoms with E-state index in [1.165, 1.54) is 0 Å². The highest BCUT2D eigenvalue weighted by atomic mass is 79.9. The molecule has 106 valence electrons. The van der Waals surface area contributed by atoms with Crippen LogP contribution in [0.2, 0.25) is 5.02 Å². The Morgan fingerprint density at radius 2 is 2.16 bits per heavy atom. The fraction of sp³-hybridized carbons (Fsp3) is 0.500. The highest BCUT2D eigenvalue weighted by Gasteiger charge is 2.13. The standard InChI is InChI=1S/C14H20BrClN2O/c1-3-4-5-8-17-14(19)10(2)18-13-7-6-11(16)9-12(13)15/h6-7,9-10,18H,3-5,8H2,1-2H3,(H,17,19). The zero-order valence-corrected chi connectivity index (χ0v) is 13.6. The van der Waals surface area contributed by atoms with Crippen molar-refractivity contribution in [2.24, 2.45) is 0 Å². The minimum Gasteiger partial charge on any atom is -0.373 e. The molecule has 0 saturated carbocycles.